The van der Waals surface area contributed by atoms with Gasteiger partial charge < -0.3 is 10.6 Å². The molecule has 0 aromatic heterocycles. The number of hydrogen-bond acceptors (Lipinski definition) is 2. The van der Waals surface area contributed by atoms with Crippen LogP contribution in [0.2, 0.25) is 0 Å². The van der Waals surface area contributed by atoms with Crippen molar-refractivity contribution in [3.8, 4) is 0 Å². The van der Waals surface area contributed by atoms with Crippen LogP contribution in [0.3, 0.4) is 0 Å². The first-order valence-corrected chi connectivity index (χ1v) is 5.75. The average Bonchev–Trinajstić information content (AvgIpc) is 2.26. The molecule has 0 bridgehead atoms. The van der Waals surface area contributed by atoms with E-state index in [0.29, 0.717) is 0 Å². The fraction of sp³-hybridized carbons (Fsp3) is 0.538. The van der Waals surface area contributed by atoms with Gasteiger partial charge in [0.25, 0.3) is 0 Å². The van der Waals surface area contributed by atoms with E-state index in [1.54, 1.807) is 0 Å². The molecule has 0 aliphatic carbocycles. The third-order valence-corrected chi connectivity index (χ3v) is 2.61. The Morgan fingerprint density at radius 2 is 1.80 bits per heavy atom. The SMILES string of the molecule is CN(CCN)CCCCc1ccccc1. The highest BCUT2D eigenvalue weighted by Gasteiger charge is 1.96. The van der Waals surface area contributed by atoms with Gasteiger partial charge in [-0.2, -0.15) is 0 Å². The van der Waals surface area contributed by atoms with Crippen molar-refractivity contribution in [3.63, 3.8) is 0 Å². The summed E-state index contributed by atoms with van der Waals surface area (Å²) in [6.45, 7) is 2.92. The van der Waals surface area contributed by atoms with E-state index in [2.05, 4.69) is 42.3 Å². The maximum Gasteiger partial charge on any atom is 0.0102 e. The molecule has 1 aromatic rings. The second-order valence-corrected chi connectivity index (χ2v) is 4.03. The molecular formula is C13H22N2. The molecule has 0 saturated carbocycles. The zero-order valence-electron chi connectivity index (χ0n) is 9.65. The molecule has 0 aliphatic rings. The van der Waals surface area contributed by atoms with Crippen molar-refractivity contribution in [1.82, 2.24) is 4.90 Å². The Kier molecular flexibility index (Phi) is 6.05. The summed E-state index contributed by atoms with van der Waals surface area (Å²) in [5.41, 5.74) is 6.93. The van der Waals surface area contributed by atoms with Gasteiger partial charge >= 0.3 is 0 Å². The van der Waals surface area contributed by atoms with E-state index in [4.69, 9.17) is 5.73 Å². The lowest BCUT2D eigenvalue weighted by molar-refractivity contribution is 0.335. The van der Waals surface area contributed by atoms with Crippen molar-refractivity contribution in [1.29, 1.82) is 0 Å². The number of hydrogen-bond donors (Lipinski definition) is 1. The van der Waals surface area contributed by atoms with E-state index in [1.807, 2.05) is 0 Å². The zero-order valence-corrected chi connectivity index (χ0v) is 9.65. The number of nitrogens with zero attached hydrogens (tertiary/aromatic N) is 1. The minimum Gasteiger partial charge on any atom is -0.329 e. The van der Waals surface area contributed by atoms with Crippen LogP contribution in [-0.2, 0) is 6.42 Å². The van der Waals surface area contributed by atoms with Gasteiger partial charge in [-0.15, -0.1) is 0 Å². The predicted molar refractivity (Wildman–Crippen MR) is 65.9 cm³/mol. The summed E-state index contributed by atoms with van der Waals surface area (Å²) in [5.74, 6) is 0. The topological polar surface area (TPSA) is 29.3 Å². The third kappa shape index (κ3) is 5.55. The number of rotatable bonds is 7. The maximum absolute atomic E-state index is 5.48. The molecule has 1 aromatic carbocycles. The van der Waals surface area contributed by atoms with E-state index < -0.39 is 0 Å². The highest BCUT2D eigenvalue weighted by Crippen LogP contribution is 2.04. The molecule has 15 heavy (non-hydrogen) atoms. The van der Waals surface area contributed by atoms with Gasteiger partial charge in [0.15, 0.2) is 0 Å². The van der Waals surface area contributed by atoms with E-state index in [-0.39, 0.29) is 0 Å². The Labute approximate surface area is 93.1 Å². The van der Waals surface area contributed by atoms with Crippen LogP contribution in [0.1, 0.15) is 18.4 Å². The summed E-state index contributed by atoms with van der Waals surface area (Å²) in [6.07, 6.45) is 3.71. The van der Waals surface area contributed by atoms with Crippen LogP contribution in [0.25, 0.3) is 0 Å². The lowest BCUT2D eigenvalue weighted by Crippen LogP contribution is -2.26. The molecule has 0 atom stereocenters. The van der Waals surface area contributed by atoms with Gasteiger partial charge in [0.1, 0.15) is 0 Å². The molecule has 0 unspecified atom stereocenters. The highest BCUT2D eigenvalue weighted by atomic mass is 15.1. The molecule has 0 saturated heterocycles. The molecule has 2 N–H and O–H groups in total. The molecule has 0 heterocycles. The quantitative estimate of drug-likeness (QED) is 0.690. The standard InChI is InChI=1S/C13H22N2/c1-15(12-10-14)11-6-5-9-13-7-3-2-4-8-13/h2-4,7-8H,5-6,9-12,14H2,1H3. The van der Waals surface area contributed by atoms with E-state index >= 15 is 0 Å². The molecule has 0 aliphatic heterocycles. The normalized spacial score (nSPS) is 10.9. The molecule has 84 valence electrons. The first-order chi connectivity index (χ1) is 7.33. The molecule has 0 radical (unpaired) electrons. The molecule has 0 fully saturated rings. The number of aryl methyl sites for hydroxylation is 1. The number of likely N-dealkylation sites (N-methyl/N-ethyl adjacent to an activating group) is 1. The molecule has 0 amide bonds. The lowest BCUT2D eigenvalue weighted by Gasteiger charge is -2.14. The summed E-state index contributed by atoms with van der Waals surface area (Å²) in [4.78, 5) is 2.30. The van der Waals surface area contributed by atoms with Crippen LogP contribution >= 0.6 is 0 Å². The van der Waals surface area contributed by atoms with Crippen molar-refractivity contribution in [3.05, 3.63) is 35.9 Å². The van der Waals surface area contributed by atoms with Gasteiger partial charge in [-0.1, -0.05) is 30.3 Å². The van der Waals surface area contributed by atoms with Crippen molar-refractivity contribution in [2.24, 2.45) is 5.73 Å². The van der Waals surface area contributed by atoms with Crippen LogP contribution in [0, 0.1) is 0 Å². The maximum atomic E-state index is 5.48. The van der Waals surface area contributed by atoms with Crippen LogP contribution in [0.5, 0.6) is 0 Å². The Morgan fingerprint density at radius 1 is 1.07 bits per heavy atom. The van der Waals surface area contributed by atoms with Crippen LogP contribution in [0.4, 0.5) is 0 Å². The monoisotopic (exact) mass is 206 g/mol. The summed E-state index contributed by atoms with van der Waals surface area (Å²) in [5, 5.41) is 0. The summed E-state index contributed by atoms with van der Waals surface area (Å²) < 4.78 is 0. The minimum absolute atomic E-state index is 0.759. The predicted octanol–water partition coefficient (Wildman–Crippen LogP) is 1.90. The van der Waals surface area contributed by atoms with Crippen molar-refractivity contribution in [2.45, 2.75) is 19.3 Å². The Morgan fingerprint density at radius 3 is 2.47 bits per heavy atom. The van der Waals surface area contributed by atoms with Gasteiger partial charge in [-0.25, -0.2) is 0 Å². The van der Waals surface area contributed by atoms with Gasteiger partial charge in [-0.3, -0.25) is 0 Å². The lowest BCUT2D eigenvalue weighted by atomic mass is 10.1. The minimum atomic E-state index is 0.759. The molecule has 2 heteroatoms. The van der Waals surface area contributed by atoms with Crippen LogP contribution in [0.15, 0.2) is 30.3 Å². The Bertz CT molecular complexity index is 246. The van der Waals surface area contributed by atoms with Gasteiger partial charge in [0.2, 0.25) is 0 Å². The second kappa shape index (κ2) is 7.43. The smallest absolute Gasteiger partial charge is 0.0102 e. The second-order valence-electron chi connectivity index (χ2n) is 4.03. The average molecular weight is 206 g/mol. The number of benzene rings is 1. The van der Waals surface area contributed by atoms with Crippen LogP contribution in [-0.4, -0.2) is 31.6 Å². The Balaban J connectivity index is 2.07. The fourth-order valence-electron chi connectivity index (χ4n) is 1.69. The van der Waals surface area contributed by atoms with Crippen molar-refractivity contribution in [2.75, 3.05) is 26.7 Å². The van der Waals surface area contributed by atoms with E-state index in [0.717, 1.165) is 19.6 Å². The van der Waals surface area contributed by atoms with Crippen LogP contribution < -0.4 is 5.73 Å². The fourth-order valence-corrected chi connectivity index (χ4v) is 1.69. The summed E-state index contributed by atoms with van der Waals surface area (Å²) in [6, 6.07) is 10.7. The highest BCUT2D eigenvalue weighted by molar-refractivity contribution is 5.14. The largest absolute Gasteiger partial charge is 0.329 e. The van der Waals surface area contributed by atoms with E-state index in [9.17, 15) is 0 Å². The summed E-state index contributed by atoms with van der Waals surface area (Å²) in [7, 11) is 2.13. The number of nitrogens with two attached hydrogens (primary N) is 1. The van der Waals surface area contributed by atoms with Gasteiger partial charge in [0.05, 0.1) is 0 Å². The van der Waals surface area contributed by atoms with Crippen molar-refractivity contribution >= 4 is 0 Å². The van der Waals surface area contributed by atoms with Gasteiger partial charge in [0, 0.05) is 13.1 Å². The first kappa shape index (κ1) is 12.2. The molecular weight excluding hydrogens is 184 g/mol. The first-order valence-electron chi connectivity index (χ1n) is 5.75. The summed E-state index contributed by atoms with van der Waals surface area (Å²) >= 11 is 0. The zero-order chi connectivity index (χ0) is 10.9. The number of unbranched alkanes of at least 4 members (excludes halogenated alkanes) is 1. The van der Waals surface area contributed by atoms with Gasteiger partial charge in [-0.05, 0) is 38.4 Å². The van der Waals surface area contributed by atoms with E-state index in [1.165, 1.54) is 24.8 Å². The van der Waals surface area contributed by atoms with Crippen molar-refractivity contribution < 1.29 is 0 Å². The third-order valence-electron chi connectivity index (χ3n) is 2.61. The molecule has 1 rings (SSSR count). The molecule has 2 nitrogen and oxygen atoms in total. The molecule has 0 spiro atoms. The Hall–Kier alpha value is -0.860.